The van der Waals surface area contributed by atoms with Gasteiger partial charge in [-0.25, -0.2) is 0 Å². The highest BCUT2D eigenvalue weighted by atomic mass is 16.2. The summed E-state index contributed by atoms with van der Waals surface area (Å²) in [5.41, 5.74) is 3.93. The Bertz CT molecular complexity index is 1230. The zero-order valence-electron chi connectivity index (χ0n) is 21.1. The van der Waals surface area contributed by atoms with Gasteiger partial charge in [0.1, 0.15) is 0 Å². The minimum atomic E-state index is -0.170. The lowest BCUT2D eigenvalue weighted by Crippen LogP contribution is -2.44. The summed E-state index contributed by atoms with van der Waals surface area (Å²) < 4.78 is 0. The Morgan fingerprint density at radius 3 is 2.28 bits per heavy atom. The molecule has 186 valence electrons. The summed E-state index contributed by atoms with van der Waals surface area (Å²) in [4.78, 5) is 42.4. The number of rotatable bonds is 6. The smallest absolute Gasteiger partial charge is 0.255 e. The summed E-state index contributed by atoms with van der Waals surface area (Å²) >= 11 is 0. The number of carbonyl (C=O) groups excluding carboxylic acids is 3. The van der Waals surface area contributed by atoms with E-state index in [9.17, 15) is 14.4 Å². The average molecular weight is 484 g/mol. The molecule has 4 rings (SSSR count). The van der Waals surface area contributed by atoms with Gasteiger partial charge in [0.05, 0.1) is 6.04 Å². The van der Waals surface area contributed by atoms with Crippen LogP contribution in [0.15, 0.2) is 78.9 Å². The number of nitrogens with zero attached hydrogens (tertiary/aromatic N) is 2. The minimum absolute atomic E-state index is 0.0371. The van der Waals surface area contributed by atoms with Gasteiger partial charge in [0.15, 0.2) is 0 Å². The molecule has 1 saturated heterocycles. The second-order valence-electron chi connectivity index (χ2n) is 9.45. The number of hydrogen-bond acceptors (Lipinski definition) is 3. The van der Waals surface area contributed by atoms with Gasteiger partial charge in [-0.05, 0) is 68.1 Å². The number of amides is 3. The van der Waals surface area contributed by atoms with Crippen LogP contribution in [-0.4, -0.2) is 47.7 Å². The van der Waals surface area contributed by atoms with E-state index in [1.165, 1.54) is 0 Å². The van der Waals surface area contributed by atoms with Crippen LogP contribution < -0.4 is 5.32 Å². The van der Waals surface area contributed by atoms with Crippen molar-refractivity contribution in [2.75, 3.05) is 25.5 Å². The van der Waals surface area contributed by atoms with Crippen LogP contribution in [0.5, 0.6) is 0 Å². The zero-order chi connectivity index (χ0) is 25.7. The molecule has 0 saturated carbocycles. The lowest BCUT2D eigenvalue weighted by molar-refractivity contribution is -0.137. The first-order valence-electron chi connectivity index (χ1n) is 12.4. The van der Waals surface area contributed by atoms with Crippen LogP contribution in [0.3, 0.4) is 0 Å². The third-order valence-corrected chi connectivity index (χ3v) is 7.10. The van der Waals surface area contributed by atoms with Crippen LogP contribution in [0.25, 0.3) is 0 Å². The summed E-state index contributed by atoms with van der Waals surface area (Å²) in [5, 5.41) is 2.94. The lowest BCUT2D eigenvalue weighted by Gasteiger charge is -2.35. The number of hydrogen-bond donors (Lipinski definition) is 1. The van der Waals surface area contributed by atoms with Gasteiger partial charge in [-0.1, -0.05) is 48.5 Å². The molecule has 1 fully saturated rings. The standard InChI is InChI=1S/C30H33N3O3/c1-21-10-7-8-15-27(21)30(36)33-18-16-24(17-19-33)29(35)32(3)22(2)25-13-9-14-26(20-25)31-28(34)23-11-5-4-6-12-23/h4-15,20,22,24H,16-19H2,1-3H3,(H,31,34)/t22-/m0/s1. The third-order valence-electron chi connectivity index (χ3n) is 7.10. The maximum atomic E-state index is 13.3. The van der Waals surface area contributed by atoms with Gasteiger partial charge in [0, 0.05) is 42.9 Å². The van der Waals surface area contributed by atoms with Crippen molar-refractivity contribution in [3.05, 3.63) is 101 Å². The number of anilines is 1. The molecule has 1 aliphatic heterocycles. The number of nitrogens with one attached hydrogen (secondary N) is 1. The Kier molecular flexibility index (Phi) is 7.84. The molecule has 6 heteroatoms. The number of likely N-dealkylation sites (tertiary alicyclic amines) is 1. The van der Waals surface area contributed by atoms with Crippen molar-refractivity contribution in [3.8, 4) is 0 Å². The first kappa shape index (κ1) is 25.2. The van der Waals surface area contributed by atoms with Crippen molar-refractivity contribution >= 4 is 23.4 Å². The molecule has 0 spiro atoms. The van der Waals surface area contributed by atoms with E-state index >= 15 is 0 Å². The highest BCUT2D eigenvalue weighted by Crippen LogP contribution is 2.27. The Morgan fingerprint density at radius 2 is 1.58 bits per heavy atom. The predicted molar refractivity (Wildman–Crippen MR) is 142 cm³/mol. The molecule has 1 heterocycles. The molecule has 0 aliphatic carbocycles. The van der Waals surface area contributed by atoms with Crippen molar-refractivity contribution in [1.29, 1.82) is 0 Å². The van der Waals surface area contributed by atoms with E-state index < -0.39 is 0 Å². The summed E-state index contributed by atoms with van der Waals surface area (Å²) in [6.07, 6.45) is 1.31. The van der Waals surface area contributed by atoms with Crippen LogP contribution >= 0.6 is 0 Å². The molecule has 0 aromatic heterocycles. The Labute approximate surface area is 212 Å². The van der Waals surface area contributed by atoms with E-state index in [2.05, 4.69) is 5.32 Å². The van der Waals surface area contributed by atoms with E-state index in [0.29, 0.717) is 37.2 Å². The summed E-state index contributed by atoms with van der Waals surface area (Å²) in [6.45, 7) is 5.09. The van der Waals surface area contributed by atoms with Crippen molar-refractivity contribution in [2.24, 2.45) is 5.92 Å². The summed E-state index contributed by atoms with van der Waals surface area (Å²) in [5.74, 6) is -0.157. The molecule has 1 atom stereocenters. The zero-order valence-corrected chi connectivity index (χ0v) is 21.1. The molecule has 0 unspecified atom stereocenters. The van der Waals surface area contributed by atoms with Crippen molar-refractivity contribution in [2.45, 2.75) is 32.7 Å². The minimum Gasteiger partial charge on any atom is -0.339 e. The topological polar surface area (TPSA) is 69.7 Å². The van der Waals surface area contributed by atoms with Crippen molar-refractivity contribution in [3.63, 3.8) is 0 Å². The SMILES string of the molecule is Cc1ccccc1C(=O)N1CCC(C(=O)N(C)[C@@H](C)c2cccc(NC(=O)c3ccccc3)c2)CC1. The van der Waals surface area contributed by atoms with Crippen molar-refractivity contribution < 1.29 is 14.4 Å². The summed E-state index contributed by atoms with van der Waals surface area (Å²) in [6, 6.07) is 24.2. The Morgan fingerprint density at radius 1 is 0.917 bits per heavy atom. The molecule has 3 aromatic carbocycles. The molecule has 0 bridgehead atoms. The monoisotopic (exact) mass is 483 g/mol. The summed E-state index contributed by atoms with van der Waals surface area (Å²) in [7, 11) is 1.83. The molecule has 6 nitrogen and oxygen atoms in total. The second-order valence-corrected chi connectivity index (χ2v) is 9.45. The van der Waals surface area contributed by atoms with Gasteiger partial charge >= 0.3 is 0 Å². The number of carbonyl (C=O) groups is 3. The molecular formula is C30H33N3O3. The number of benzene rings is 3. The van der Waals surface area contributed by atoms with E-state index in [1.54, 1.807) is 17.0 Å². The van der Waals surface area contributed by atoms with Crippen LogP contribution in [0.1, 0.15) is 57.7 Å². The van der Waals surface area contributed by atoms with Gasteiger partial charge in [0.25, 0.3) is 11.8 Å². The largest absolute Gasteiger partial charge is 0.339 e. The highest BCUT2D eigenvalue weighted by molar-refractivity contribution is 6.04. The Balaban J connectivity index is 1.35. The fourth-order valence-corrected chi connectivity index (χ4v) is 4.68. The molecule has 1 N–H and O–H groups in total. The van der Waals surface area contributed by atoms with Crippen molar-refractivity contribution in [1.82, 2.24) is 9.80 Å². The van der Waals surface area contributed by atoms with Gasteiger partial charge in [-0.3, -0.25) is 14.4 Å². The fraction of sp³-hybridized carbons (Fsp3) is 0.300. The van der Waals surface area contributed by atoms with Crippen LogP contribution in [0.2, 0.25) is 0 Å². The van der Waals surface area contributed by atoms with Gasteiger partial charge < -0.3 is 15.1 Å². The normalized spacial score (nSPS) is 14.7. The molecule has 36 heavy (non-hydrogen) atoms. The lowest BCUT2D eigenvalue weighted by atomic mass is 9.93. The molecule has 3 amide bonds. The van der Waals surface area contributed by atoms with Gasteiger partial charge in [0.2, 0.25) is 5.91 Å². The van der Waals surface area contributed by atoms with E-state index in [1.807, 2.05) is 92.5 Å². The first-order chi connectivity index (χ1) is 17.3. The third kappa shape index (κ3) is 5.65. The predicted octanol–water partition coefficient (Wildman–Crippen LogP) is 5.32. The van der Waals surface area contributed by atoms with Gasteiger partial charge in [-0.2, -0.15) is 0 Å². The quantitative estimate of drug-likeness (QED) is 0.516. The van der Waals surface area contributed by atoms with Crippen LogP contribution in [-0.2, 0) is 4.79 Å². The van der Waals surface area contributed by atoms with Gasteiger partial charge in [-0.15, -0.1) is 0 Å². The highest BCUT2D eigenvalue weighted by Gasteiger charge is 2.31. The molecule has 1 aliphatic rings. The maximum Gasteiger partial charge on any atom is 0.255 e. The first-order valence-corrected chi connectivity index (χ1v) is 12.4. The number of aryl methyl sites for hydroxylation is 1. The Hall–Kier alpha value is -3.93. The molecule has 3 aromatic rings. The number of piperidine rings is 1. The van der Waals surface area contributed by atoms with E-state index in [4.69, 9.17) is 0 Å². The van der Waals surface area contributed by atoms with E-state index in [-0.39, 0.29) is 29.7 Å². The van der Waals surface area contributed by atoms with Crippen LogP contribution in [0, 0.1) is 12.8 Å². The fourth-order valence-electron chi connectivity index (χ4n) is 4.68. The average Bonchev–Trinajstić information content (AvgIpc) is 2.92. The molecular weight excluding hydrogens is 450 g/mol. The van der Waals surface area contributed by atoms with Crippen LogP contribution in [0.4, 0.5) is 5.69 Å². The molecule has 0 radical (unpaired) electrons. The second kappa shape index (κ2) is 11.2. The van der Waals surface area contributed by atoms with E-state index in [0.717, 1.165) is 16.7 Å². The maximum absolute atomic E-state index is 13.3.